The molecule has 0 spiro atoms. The van der Waals surface area contributed by atoms with Gasteiger partial charge in [0.2, 0.25) is 0 Å². The van der Waals surface area contributed by atoms with Crippen LogP contribution in [-0.2, 0) is 15.5 Å². The Balaban J connectivity index is 1.92. The number of anilines is 2. The average Bonchev–Trinajstić information content (AvgIpc) is 3.22. The van der Waals surface area contributed by atoms with E-state index in [1.54, 1.807) is 6.92 Å². The number of aromatic nitrogens is 2. The third kappa shape index (κ3) is 4.88. The quantitative estimate of drug-likeness (QED) is 0.377. The molecule has 0 aliphatic rings. The lowest BCUT2D eigenvalue weighted by atomic mass is 9.93. The van der Waals surface area contributed by atoms with Gasteiger partial charge in [0.05, 0.1) is 16.3 Å². The van der Waals surface area contributed by atoms with E-state index in [2.05, 4.69) is 31.0 Å². The Kier molecular flexibility index (Phi) is 6.00. The van der Waals surface area contributed by atoms with Gasteiger partial charge in [-0.05, 0) is 42.7 Å². The topological polar surface area (TPSA) is 141 Å². The van der Waals surface area contributed by atoms with Crippen LogP contribution in [0.2, 0.25) is 0 Å². The molecule has 0 aliphatic heterocycles. The lowest BCUT2D eigenvalue weighted by Gasteiger charge is -2.15. The Labute approximate surface area is 182 Å². The molecule has 1 aromatic carbocycles. The molecule has 0 bridgehead atoms. The highest BCUT2D eigenvalue weighted by atomic mass is 32.2. The molecule has 0 amide bonds. The molecule has 0 saturated heterocycles. The Hall–Kier alpha value is -2.72. The highest BCUT2D eigenvalue weighted by Gasteiger charge is 2.24. The predicted molar refractivity (Wildman–Crippen MR) is 116 cm³/mol. The average molecular weight is 463 g/mol. The molecular weight excluding hydrogens is 444 g/mol. The van der Waals surface area contributed by atoms with Crippen LogP contribution < -0.4 is 5.32 Å². The fourth-order valence-electron chi connectivity index (χ4n) is 2.40. The molecule has 0 atom stereocenters. The summed E-state index contributed by atoms with van der Waals surface area (Å²) in [4.78, 5) is 4.43. The number of benzene rings is 1. The van der Waals surface area contributed by atoms with Crippen LogP contribution in [0.15, 0.2) is 39.4 Å². The van der Waals surface area contributed by atoms with E-state index in [0.717, 1.165) is 17.2 Å². The Morgan fingerprint density at radius 3 is 2.37 bits per heavy atom. The molecule has 3 rings (SSSR count). The van der Waals surface area contributed by atoms with Crippen LogP contribution in [0.1, 0.15) is 37.7 Å². The van der Waals surface area contributed by atoms with Crippen LogP contribution in [0.3, 0.4) is 0 Å². The van der Waals surface area contributed by atoms with E-state index in [1.165, 1.54) is 35.6 Å². The molecule has 0 radical (unpaired) electrons. The standard InChI is InChI=1S/C18H18N6O3S3/c1-10-13(9-19)15(29-24-10)22-23-16-14(18(2,3)4)21-17(28-16)20-11-5-7-12(8-6-11)30(25,26)27/h5-8H,1-4H3,(H,20,21)(H,25,26,27). The van der Waals surface area contributed by atoms with Gasteiger partial charge in [0.25, 0.3) is 10.1 Å². The molecule has 0 aliphatic carbocycles. The number of hydrogen-bond donors (Lipinski definition) is 2. The van der Waals surface area contributed by atoms with Crippen molar-refractivity contribution in [2.45, 2.75) is 38.0 Å². The maximum atomic E-state index is 11.2. The van der Waals surface area contributed by atoms with E-state index in [4.69, 9.17) is 4.55 Å². The molecule has 3 aromatic rings. The van der Waals surface area contributed by atoms with Crippen molar-refractivity contribution in [3.05, 3.63) is 41.2 Å². The molecule has 0 fully saturated rings. The van der Waals surface area contributed by atoms with Gasteiger partial charge in [-0.25, -0.2) is 4.98 Å². The highest BCUT2D eigenvalue weighted by Crippen LogP contribution is 2.40. The van der Waals surface area contributed by atoms with E-state index in [-0.39, 0.29) is 10.3 Å². The molecule has 156 valence electrons. The first-order valence-electron chi connectivity index (χ1n) is 8.63. The smallest absolute Gasteiger partial charge is 0.294 e. The van der Waals surface area contributed by atoms with Crippen molar-refractivity contribution < 1.29 is 13.0 Å². The normalized spacial score (nSPS) is 12.3. The van der Waals surface area contributed by atoms with Crippen molar-refractivity contribution in [3.63, 3.8) is 0 Å². The van der Waals surface area contributed by atoms with E-state index in [1.807, 2.05) is 20.8 Å². The molecule has 0 unspecified atom stereocenters. The van der Waals surface area contributed by atoms with E-state index >= 15 is 0 Å². The van der Waals surface area contributed by atoms with Crippen molar-refractivity contribution in [1.82, 2.24) is 9.36 Å². The second kappa shape index (κ2) is 8.19. The zero-order valence-corrected chi connectivity index (χ0v) is 19.0. The van der Waals surface area contributed by atoms with Crippen molar-refractivity contribution in [3.8, 4) is 6.07 Å². The SMILES string of the molecule is Cc1nsc(N=Nc2sc(Nc3ccc(S(=O)(=O)O)cc3)nc2C(C)(C)C)c1C#N. The third-order valence-corrected chi connectivity index (χ3v) is 6.46. The highest BCUT2D eigenvalue weighted by molar-refractivity contribution is 7.85. The van der Waals surface area contributed by atoms with Crippen LogP contribution in [-0.4, -0.2) is 22.3 Å². The lowest BCUT2D eigenvalue weighted by molar-refractivity contribution is 0.483. The van der Waals surface area contributed by atoms with Crippen molar-refractivity contribution in [2.75, 3.05) is 5.32 Å². The number of nitrogens with zero attached hydrogens (tertiary/aromatic N) is 5. The van der Waals surface area contributed by atoms with Crippen LogP contribution in [0.5, 0.6) is 0 Å². The van der Waals surface area contributed by atoms with Gasteiger partial charge in [0.1, 0.15) is 11.6 Å². The summed E-state index contributed by atoms with van der Waals surface area (Å²) in [6.07, 6.45) is 0. The fraction of sp³-hybridized carbons (Fsp3) is 0.278. The summed E-state index contributed by atoms with van der Waals surface area (Å²) in [6, 6.07) is 7.74. The lowest BCUT2D eigenvalue weighted by Crippen LogP contribution is -2.11. The summed E-state index contributed by atoms with van der Waals surface area (Å²) in [5.41, 5.74) is 2.05. The minimum atomic E-state index is -4.25. The number of nitriles is 1. The Morgan fingerprint density at radius 2 is 1.80 bits per heavy atom. The first-order valence-corrected chi connectivity index (χ1v) is 11.7. The van der Waals surface area contributed by atoms with Crippen molar-refractivity contribution >= 4 is 53.8 Å². The third-order valence-electron chi connectivity index (χ3n) is 3.91. The van der Waals surface area contributed by atoms with Gasteiger partial charge >= 0.3 is 0 Å². The summed E-state index contributed by atoms with van der Waals surface area (Å²) in [6.45, 7) is 7.76. The van der Waals surface area contributed by atoms with Gasteiger partial charge in [0, 0.05) is 11.1 Å². The molecule has 2 aromatic heterocycles. The maximum absolute atomic E-state index is 11.2. The molecule has 9 nitrogen and oxygen atoms in total. The first-order chi connectivity index (χ1) is 14.0. The van der Waals surface area contributed by atoms with Gasteiger partial charge in [-0.1, -0.05) is 32.1 Å². The summed E-state index contributed by atoms with van der Waals surface area (Å²) in [7, 11) is -4.25. The molecule has 0 saturated carbocycles. The number of thiazole rings is 1. The zero-order chi connectivity index (χ0) is 22.1. The summed E-state index contributed by atoms with van der Waals surface area (Å²) in [5.74, 6) is 0. The summed E-state index contributed by atoms with van der Waals surface area (Å²) < 4.78 is 35.6. The van der Waals surface area contributed by atoms with Gasteiger partial charge in [-0.2, -0.15) is 18.1 Å². The van der Waals surface area contributed by atoms with Crippen LogP contribution >= 0.6 is 22.9 Å². The molecule has 12 heteroatoms. The minimum absolute atomic E-state index is 0.190. The van der Waals surface area contributed by atoms with E-state index in [0.29, 0.717) is 32.1 Å². The van der Waals surface area contributed by atoms with Crippen LogP contribution in [0.4, 0.5) is 20.8 Å². The largest absolute Gasteiger partial charge is 0.331 e. The van der Waals surface area contributed by atoms with E-state index < -0.39 is 10.1 Å². The van der Waals surface area contributed by atoms with Crippen molar-refractivity contribution in [2.24, 2.45) is 10.2 Å². The number of azo groups is 1. The summed E-state index contributed by atoms with van der Waals surface area (Å²) in [5, 5.41) is 22.5. The van der Waals surface area contributed by atoms with Gasteiger partial charge in [0.15, 0.2) is 15.1 Å². The number of nitrogens with one attached hydrogen (secondary N) is 1. The predicted octanol–water partition coefficient (Wildman–Crippen LogP) is 5.48. The van der Waals surface area contributed by atoms with Gasteiger partial charge in [-0.3, -0.25) is 4.55 Å². The number of aryl methyl sites for hydroxylation is 1. The van der Waals surface area contributed by atoms with Gasteiger partial charge < -0.3 is 5.32 Å². The van der Waals surface area contributed by atoms with Crippen molar-refractivity contribution in [1.29, 1.82) is 5.26 Å². The molecule has 2 heterocycles. The van der Waals surface area contributed by atoms with Gasteiger partial charge in [-0.15, -0.1) is 10.2 Å². The first kappa shape index (κ1) is 22.0. The zero-order valence-electron chi connectivity index (χ0n) is 16.5. The second-order valence-corrected chi connectivity index (χ2v) is 10.5. The second-order valence-electron chi connectivity index (χ2n) is 7.31. The van der Waals surface area contributed by atoms with Crippen LogP contribution in [0, 0.1) is 18.3 Å². The van der Waals surface area contributed by atoms with Crippen LogP contribution in [0.25, 0.3) is 0 Å². The maximum Gasteiger partial charge on any atom is 0.294 e. The monoisotopic (exact) mass is 462 g/mol. The minimum Gasteiger partial charge on any atom is -0.331 e. The number of rotatable bonds is 5. The fourth-order valence-corrected chi connectivity index (χ4v) is 4.58. The number of hydrogen-bond acceptors (Lipinski definition) is 10. The molecular formula is C18H18N6O3S3. The molecule has 2 N–H and O–H groups in total. The Morgan fingerprint density at radius 1 is 1.17 bits per heavy atom. The Bertz CT molecular complexity index is 1250. The summed E-state index contributed by atoms with van der Waals surface area (Å²) >= 11 is 2.39. The van der Waals surface area contributed by atoms with E-state index in [9.17, 15) is 13.7 Å². The molecule has 30 heavy (non-hydrogen) atoms.